The largest absolute Gasteiger partial charge is 0.356 e. The summed E-state index contributed by atoms with van der Waals surface area (Å²) >= 11 is 0. The molecule has 2 aromatic heterocycles. The molecule has 2 aromatic rings. The van der Waals surface area contributed by atoms with Gasteiger partial charge in [0.2, 0.25) is 5.91 Å². The van der Waals surface area contributed by atoms with Gasteiger partial charge in [-0.3, -0.25) is 4.79 Å². The van der Waals surface area contributed by atoms with E-state index in [4.69, 9.17) is 0 Å². The first kappa shape index (κ1) is 18.2. The van der Waals surface area contributed by atoms with Crippen LogP contribution < -0.4 is 10.2 Å². The van der Waals surface area contributed by atoms with Crippen LogP contribution in [0.2, 0.25) is 0 Å². The second-order valence-corrected chi connectivity index (χ2v) is 7.66. The molecule has 8 heteroatoms. The van der Waals surface area contributed by atoms with Gasteiger partial charge in [-0.25, -0.2) is 0 Å². The van der Waals surface area contributed by atoms with Crippen LogP contribution in [0.5, 0.6) is 0 Å². The average Bonchev–Trinajstić information content (AvgIpc) is 3.35. The van der Waals surface area contributed by atoms with Gasteiger partial charge >= 0.3 is 0 Å². The molecule has 146 valence electrons. The number of rotatable bonds is 6. The fourth-order valence-electron chi connectivity index (χ4n) is 4.09. The van der Waals surface area contributed by atoms with Crippen LogP contribution in [-0.4, -0.2) is 69.9 Å². The smallest absolute Gasteiger partial charge is 0.223 e. The normalized spacial score (nSPS) is 19.1. The van der Waals surface area contributed by atoms with Crippen molar-refractivity contribution in [1.82, 2.24) is 30.0 Å². The Morgan fingerprint density at radius 2 is 1.93 bits per heavy atom. The minimum atomic E-state index is 0.119. The molecular formula is C19H29N7O. The Morgan fingerprint density at radius 1 is 1.15 bits per heavy atom. The third-order valence-corrected chi connectivity index (χ3v) is 5.74. The van der Waals surface area contributed by atoms with E-state index < -0.39 is 0 Å². The van der Waals surface area contributed by atoms with E-state index in [2.05, 4.69) is 30.4 Å². The number of nitrogens with one attached hydrogen (secondary N) is 1. The molecule has 27 heavy (non-hydrogen) atoms. The predicted octanol–water partition coefficient (Wildman–Crippen LogP) is 1.25. The molecule has 0 spiro atoms. The number of hydrogen-bond acceptors (Lipinski definition) is 6. The molecule has 2 saturated heterocycles. The van der Waals surface area contributed by atoms with Gasteiger partial charge in [0.1, 0.15) is 5.82 Å². The maximum atomic E-state index is 12.4. The molecular weight excluding hydrogens is 342 g/mol. The van der Waals surface area contributed by atoms with Gasteiger partial charge in [0, 0.05) is 25.6 Å². The fourth-order valence-corrected chi connectivity index (χ4v) is 4.09. The van der Waals surface area contributed by atoms with Crippen LogP contribution in [0.25, 0.3) is 5.65 Å². The van der Waals surface area contributed by atoms with Crippen molar-refractivity contribution in [2.45, 2.75) is 39.0 Å². The number of fused-ring (bicyclic) bond motifs is 1. The topological polar surface area (TPSA) is 78.7 Å². The summed E-state index contributed by atoms with van der Waals surface area (Å²) in [4.78, 5) is 17.2. The third kappa shape index (κ3) is 4.21. The third-order valence-electron chi connectivity index (χ3n) is 5.74. The van der Waals surface area contributed by atoms with Crippen LogP contribution in [0, 0.1) is 12.8 Å². The second-order valence-electron chi connectivity index (χ2n) is 7.66. The quantitative estimate of drug-likeness (QED) is 0.770. The molecule has 0 unspecified atom stereocenters. The van der Waals surface area contributed by atoms with E-state index >= 15 is 0 Å². The van der Waals surface area contributed by atoms with Crippen molar-refractivity contribution in [2.75, 3.05) is 44.2 Å². The van der Waals surface area contributed by atoms with Gasteiger partial charge in [-0.2, -0.15) is 4.52 Å². The van der Waals surface area contributed by atoms with Crippen LogP contribution in [0.15, 0.2) is 12.1 Å². The first-order valence-electron chi connectivity index (χ1n) is 10.1. The zero-order chi connectivity index (χ0) is 18.6. The molecule has 0 radical (unpaired) electrons. The number of amides is 1. The molecule has 1 N–H and O–H groups in total. The van der Waals surface area contributed by atoms with Crippen LogP contribution in [-0.2, 0) is 4.79 Å². The number of carbonyl (C=O) groups is 1. The van der Waals surface area contributed by atoms with Crippen molar-refractivity contribution in [2.24, 2.45) is 5.92 Å². The zero-order valence-corrected chi connectivity index (χ0v) is 16.1. The lowest BCUT2D eigenvalue weighted by Crippen LogP contribution is -2.41. The highest BCUT2D eigenvalue weighted by molar-refractivity contribution is 5.78. The zero-order valence-electron chi connectivity index (χ0n) is 16.1. The summed E-state index contributed by atoms with van der Waals surface area (Å²) < 4.78 is 1.77. The van der Waals surface area contributed by atoms with Crippen molar-refractivity contribution in [3.63, 3.8) is 0 Å². The maximum Gasteiger partial charge on any atom is 0.223 e. The van der Waals surface area contributed by atoms with E-state index in [0.29, 0.717) is 0 Å². The molecule has 2 fully saturated rings. The minimum absolute atomic E-state index is 0.119. The average molecular weight is 371 g/mol. The van der Waals surface area contributed by atoms with E-state index in [0.717, 1.165) is 62.7 Å². The van der Waals surface area contributed by atoms with Gasteiger partial charge in [0.15, 0.2) is 11.5 Å². The van der Waals surface area contributed by atoms with E-state index in [9.17, 15) is 4.79 Å². The van der Waals surface area contributed by atoms with E-state index in [1.54, 1.807) is 4.52 Å². The van der Waals surface area contributed by atoms with Crippen LogP contribution >= 0.6 is 0 Å². The maximum absolute atomic E-state index is 12.4. The molecule has 2 aliphatic rings. The lowest BCUT2D eigenvalue weighted by molar-refractivity contribution is -0.125. The fraction of sp³-hybridized carbons (Fsp3) is 0.684. The van der Waals surface area contributed by atoms with Crippen molar-refractivity contribution < 1.29 is 4.79 Å². The van der Waals surface area contributed by atoms with Gasteiger partial charge in [0.05, 0.1) is 0 Å². The predicted molar refractivity (Wildman–Crippen MR) is 104 cm³/mol. The molecule has 0 atom stereocenters. The Morgan fingerprint density at radius 3 is 2.70 bits per heavy atom. The van der Waals surface area contributed by atoms with E-state index in [1.807, 2.05) is 19.1 Å². The first-order chi connectivity index (χ1) is 13.2. The summed E-state index contributed by atoms with van der Waals surface area (Å²) in [7, 11) is 0. The number of hydrogen-bond donors (Lipinski definition) is 1. The van der Waals surface area contributed by atoms with Gasteiger partial charge < -0.3 is 15.1 Å². The number of aryl methyl sites for hydroxylation is 1. The van der Waals surface area contributed by atoms with Gasteiger partial charge in [-0.15, -0.1) is 15.3 Å². The summed E-state index contributed by atoms with van der Waals surface area (Å²) in [6.45, 7) is 7.95. The molecule has 0 aliphatic carbocycles. The lowest BCUT2D eigenvalue weighted by Gasteiger charge is -2.32. The van der Waals surface area contributed by atoms with Crippen LogP contribution in [0.3, 0.4) is 0 Å². The molecule has 0 saturated carbocycles. The van der Waals surface area contributed by atoms with Crippen molar-refractivity contribution in [1.29, 1.82) is 0 Å². The summed E-state index contributed by atoms with van der Waals surface area (Å²) in [5.41, 5.74) is 0.763. The van der Waals surface area contributed by atoms with Crippen molar-refractivity contribution >= 4 is 17.4 Å². The van der Waals surface area contributed by atoms with E-state index in [1.165, 1.54) is 25.9 Å². The van der Waals surface area contributed by atoms with Crippen LogP contribution in [0.1, 0.15) is 37.9 Å². The standard InChI is InChI=1S/C19H29N7O/c1-15-21-22-17-5-6-18(23-26(15)17)25-13-7-16(8-14-25)19(27)20-9-4-12-24-10-2-3-11-24/h5-6,16H,2-4,7-14H2,1H3,(H,20,27). The minimum Gasteiger partial charge on any atom is -0.356 e. The highest BCUT2D eigenvalue weighted by Crippen LogP contribution is 2.22. The van der Waals surface area contributed by atoms with Gasteiger partial charge in [-0.1, -0.05) is 0 Å². The first-order valence-corrected chi connectivity index (χ1v) is 10.1. The second kappa shape index (κ2) is 8.21. The number of likely N-dealkylation sites (tertiary alicyclic amines) is 1. The summed E-state index contributed by atoms with van der Waals surface area (Å²) in [5.74, 6) is 2.05. The molecule has 4 rings (SSSR count). The Kier molecular flexibility index (Phi) is 5.52. The molecule has 1 amide bonds. The Bertz CT molecular complexity index is 775. The molecule has 0 aromatic carbocycles. The lowest BCUT2D eigenvalue weighted by atomic mass is 9.96. The van der Waals surface area contributed by atoms with Gasteiger partial charge in [0.25, 0.3) is 0 Å². The highest BCUT2D eigenvalue weighted by atomic mass is 16.1. The number of aromatic nitrogens is 4. The Balaban J connectivity index is 1.22. The number of anilines is 1. The Hall–Kier alpha value is -2.22. The van der Waals surface area contributed by atoms with Gasteiger partial charge in [-0.05, 0) is 70.8 Å². The highest BCUT2D eigenvalue weighted by Gasteiger charge is 2.25. The summed E-state index contributed by atoms with van der Waals surface area (Å²) in [5, 5.41) is 15.9. The molecule has 0 bridgehead atoms. The molecule has 2 aliphatic heterocycles. The number of nitrogens with zero attached hydrogens (tertiary/aromatic N) is 6. The number of piperidine rings is 1. The van der Waals surface area contributed by atoms with Crippen molar-refractivity contribution in [3.05, 3.63) is 18.0 Å². The Labute approximate surface area is 159 Å². The molecule has 8 nitrogen and oxygen atoms in total. The molecule has 4 heterocycles. The van der Waals surface area contributed by atoms with Crippen LogP contribution in [0.4, 0.5) is 5.82 Å². The monoisotopic (exact) mass is 371 g/mol. The SMILES string of the molecule is Cc1nnc2ccc(N3CCC(C(=O)NCCCN4CCCC4)CC3)nn12. The summed E-state index contributed by atoms with van der Waals surface area (Å²) in [6, 6.07) is 3.93. The van der Waals surface area contributed by atoms with E-state index in [-0.39, 0.29) is 11.8 Å². The number of carbonyl (C=O) groups excluding carboxylic acids is 1. The summed E-state index contributed by atoms with van der Waals surface area (Å²) in [6.07, 6.45) is 5.44. The van der Waals surface area contributed by atoms with Crippen molar-refractivity contribution in [3.8, 4) is 0 Å².